The van der Waals surface area contributed by atoms with Gasteiger partial charge in [0, 0.05) is 56.7 Å². The van der Waals surface area contributed by atoms with Gasteiger partial charge < -0.3 is 14.6 Å². The molecule has 0 bridgehead atoms. The smallest absolute Gasteiger partial charge is 0.260 e. The Hall–Kier alpha value is -1.00. The van der Waals surface area contributed by atoms with Gasteiger partial charge in [-0.2, -0.15) is 9.40 Å². The molecule has 0 spiro atoms. The minimum atomic E-state index is -3.72. The third kappa shape index (κ3) is 2.56. The molecular formula is C16H25N3O5S. The van der Waals surface area contributed by atoms with Crippen LogP contribution in [0.4, 0.5) is 0 Å². The number of rotatable bonds is 2. The summed E-state index contributed by atoms with van der Waals surface area (Å²) in [6, 6.07) is -0.257. The summed E-state index contributed by atoms with van der Waals surface area (Å²) in [5.74, 6) is -0.472. The molecule has 0 aliphatic carbocycles. The number of hydrogen-bond donors (Lipinski definition) is 1. The van der Waals surface area contributed by atoms with E-state index in [-0.39, 0.29) is 29.4 Å². The summed E-state index contributed by atoms with van der Waals surface area (Å²) in [6.45, 7) is 3.79. The molecule has 4 atom stereocenters. The Labute approximate surface area is 147 Å². The molecule has 8 nitrogen and oxygen atoms in total. The van der Waals surface area contributed by atoms with E-state index in [4.69, 9.17) is 9.47 Å². The normalized spacial score (nSPS) is 36.7. The zero-order valence-corrected chi connectivity index (χ0v) is 15.4. The van der Waals surface area contributed by atoms with Crippen LogP contribution in [0, 0.1) is 18.8 Å². The van der Waals surface area contributed by atoms with Gasteiger partial charge in [0.05, 0.1) is 25.0 Å². The highest BCUT2D eigenvalue weighted by molar-refractivity contribution is 7.89. The van der Waals surface area contributed by atoms with Gasteiger partial charge >= 0.3 is 0 Å². The van der Waals surface area contributed by atoms with Crippen LogP contribution in [0.25, 0.3) is 0 Å². The number of ether oxygens (including phenoxy) is 2. The number of fused-ring (bicyclic) bond motifs is 3. The van der Waals surface area contributed by atoms with Gasteiger partial charge in [0.2, 0.25) is 0 Å². The molecule has 0 radical (unpaired) electrons. The third-order valence-electron chi connectivity index (χ3n) is 6.01. The monoisotopic (exact) mass is 371 g/mol. The minimum absolute atomic E-state index is 0.222. The van der Waals surface area contributed by atoms with Crippen LogP contribution in [0.15, 0.2) is 11.2 Å². The van der Waals surface area contributed by atoms with E-state index in [2.05, 4.69) is 5.10 Å². The predicted molar refractivity (Wildman–Crippen MR) is 88.4 cm³/mol. The van der Waals surface area contributed by atoms with Crippen molar-refractivity contribution in [1.82, 2.24) is 14.1 Å². The van der Waals surface area contributed by atoms with Crippen molar-refractivity contribution in [2.24, 2.45) is 18.9 Å². The average Bonchev–Trinajstić information content (AvgIpc) is 2.93. The number of aryl methyl sites for hydroxylation is 2. The Balaban J connectivity index is 1.77. The largest absolute Gasteiger partial charge is 0.389 e. The molecule has 0 saturated carbocycles. The molecule has 9 heteroatoms. The van der Waals surface area contributed by atoms with Crippen molar-refractivity contribution >= 4 is 10.0 Å². The number of sulfonamides is 1. The summed E-state index contributed by atoms with van der Waals surface area (Å²) < 4.78 is 41.0. The molecule has 1 aromatic heterocycles. The quantitative estimate of drug-likeness (QED) is 0.781. The predicted octanol–water partition coefficient (Wildman–Crippen LogP) is -0.0945. The SMILES string of the molecule is Cc1cnn(C)c1S(=O)(=O)N1C[C@H]2COCC[C@@]2(O)[C@@H]2COCC[C@@H]21. The lowest BCUT2D eigenvalue weighted by atomic mass is 9.67. The molecule has 3 fully saturated rings. The van der Waals surface area contributed by atoms with E-state index in [1.54, 1.807) is 24.5 Å². The van der Waals surface area contributed by atoms with E-state index in [1.165, 1.54) is 4.68 Å². The lowest BCUT2D eigenvalue weighted by Gasteiger charge is -2.56. The van der Waals surface area contributed by atoms with Gasteiger partial charge in [-0.05, 0) is 13.3 Å². The van der Waals surface area contributed by atoms with Crippen molar-refractivity contribution in [3.8, 4) is 0 Å². The van der Waals surface area contributed by atoms with Crippen molar-refractivity contribution in [2.75, 3.05) is 33.0 Å². The van der Waals surface area contributed by atoms with Crippen LogP contribution in [0.5, 0.6) is 0 Å². The van der Waals surface area contributed by atoms with Gasteiger partial charge in [0.15, 0.2) is 5.03 Å². The molecule has 1 aromatic rings. The topological polar surface area (TPSA) is 93.9 Å². The van der Waals surface area contributed by atoms with E-state index < -0.39 is 15.6 Å². The summed E-state index contributed by atoms with van der Waals surface area (Å²) in [7, 11) is -2.07. The Morgan fingerprint density at radius 3 is 2.80 bits per heavy atom. The fraction of sp³-hybridized carbons (Fsp3) is 0.812. The molecular weight excluding hydrogens is 346 g/mol. The van der Waals surface area contributed by atoms with Crippen molar-refractivity contribution in [3.05, 3.63) is 11.8 Å². The standard InChI is InChI=1S/C16H25N3O5S/c1-11-7-17-18(2)15(11)25(21,22)19-8-12-9-24-6-4-16(12,20)13-10-23-5-3-14(13)19/h7,12-14,20H,3-6,8-10H2,1-2H3/t12-,13+,14-,16-/m0/s1. The van der Waals surface area contributed by atoms with Gasteiger partial charge in [-0.1, -0.05) is 0 Å². The number of aliphatic hydroxyl groups is 1. The van der Waals surface area contributed by atoms with Crippen molar-refractivity contribution in [1.29, 1.82) is 0 Å². The average molecular weight is 371 g/mol. The summed E-state index contributed by atoms with van der Waals surface area (Å²) in [6.07, 6.45) is 2.69. The Kier molecular flexibility index (Phi) is 4.19. The van der Waals surface area contributed by atoms with E-state index in [0.29, 0.717) is 44.8 Å². The summed E-state index contributed by atoms with van der Waals surface area (Å²) in [4.78, 5) is 0. The van der Waals surface area contributed by atoms with E-state index >= 15 is 0 Å². The first kappa shape index (κ1) is 17.4. The molecule has 3 saturated heterocycles. The zero-order chi connectivity index (χ0) is 17.8. The first-order valence-corrected chi connectivity index (χ1v) is 10.2. The molecule has 140 valence electrons. The molecule has 3 aliphatic rings. The number of piperidine rings is 1. The number of hydrogen-bond acceptors (Lipinski definition) is 6. The van der Waals surface area contributed by atoms with Crippen molar-refractivity contribution in [3.63, 3.8) is 0 Å². The van der Waals surface area contributed by atoms with Crippen LogP contribution >= 0.6 is 0 Å². The summed E-state index contributed by atoms with van der Waals surface area (Å²) in [5, 5.41) is 15.6. The van der Waals surface area contributed by atoms with E-state index in [0.717, 1.165) is 0 Å². The Bertz CT molecular complexity index is 744. The highest BCUT2D eigenvalue weighted by Gasteiger charge is 2.58. The zero-order valence-electron chi connectivity index (χ0n) is 14.6. The van der Waals surface area contributed by atoms with Gasteiger partial charge in [0.25, 0.3) is 10.0 Å². The van der Waals surface area contributed by atoms with Gasteiger partial charge in [-0.3, -0.25) is 4.68 Å². The van der Waals surface area contributed by atoms with Crippen LogP contribution in [-0.4, -0.2) is 72.2 Å². The number of aromatic nitrogens is 2. The fourth-order valence-electron chi connectivity index (χ4n) is 4.70. The first-order valence-electron chi connectivity index (χ1n) is 8.74. The summed E-state index contributed by atoms with van der Waals surface area (Å²) >= 11 is 0. The van der Waals surface area contributed by atoms with Crippen molar-refractivity contribution < 1.29 is 23.0 Å². The summed E-state index contributed by atoms with van der Waals surface area (Å²) in [5.41, 5.74) is -0.288. The molecule has 3 aliphatic heterocycles. The minimum Gasteiger partial charge on any atom is -0.389 e. The Morgan fingerprint density at radius 2 is 2.08 bits per heavy atom. The lowest BCUT2D eigenvalue weighted by Crippen LogP contribution is -2.68. The van der Waals surface area contributed by atoms with Crippen LogP contribution in [0.1, 0.15) is 18.4 Å². The highest BCUT2D eigenvalue weighted by atomic mass is 32.2. The van der Waals surface area contributed by atoms with Crippen LogP contribution in [0.3, 0.4) is 0 Å². The molecule has 0 amide bonds. The maximum Gasteiger partial charge on any atom is 0.260 e. The maximum absolute atomic E-state index is 13.4. The molecule has 4 rings (SSSR count). The van der Waals surface area contributed by atoms with Gasteiger partial charge in [-0.25, -0.2) is 8.42 Å². The van der Waals surface area contributed by atoms with Gasteiger partial charge in [-0.15, -0.1) is 0 Å². The first-order chi connectivity index (χ1) is 11.9. The third-order valence-corrected chi connectivity index (χ3v) is 8.13. The van der Waals surface area contributed by atoms with Crippen LogP contribution in [-0.2, 0) is 26.5 Å². The van der Waals surface area contributed by atoms with Crippen LogP contribution in [0.2, 0.25) is 0 Å². The van der Waals surface area contributed by atoms with Crippen LogP contribution < -0.4 is 0 Å². The fourth-order valence-corrected chi connectivity index (χ4v) is 6.75. The molecule has 1 N–H and O–H groups in total. The lowest BCUT2D eigenvalue weighted by molar-refractivity contribution is -0.207. The molecule has 0 aromatic carbocycles. The second kappa shape index (κ2) is 6.02. The van der Waals surface area contributed by atoms with E-state index in [9.17, 15) is 13.5 Å². The Morgan fingerprint density at radius 1 is 1.32 bits per heavy atom. The van der Waals surface area contributed by atoms with Crippen molar-refractivity contribution in [2.45, 2.75) is 36.4 Å². The molecule has 0 unspecified atom stereocenters. The second-order valence-electron chi connectivity index (χ2n) is 7.38. The van der Waals surface area contributed by atoms with E-state index in [1.807, 2.05) is 0 Å². The highest BCUT2D eigenvalue weighted by Crippen LogP contribution is 2.45. The number of nitrogens with zero attached hydrogens (tertiary/aromatic N) is 3. The maximum atomic E-state index is 13.4. The van der Waals surface area contributed by atoms with Gasteiger partial charge in [0.1, 0.15) is 0 Å². The molecule has 25 heavy (non-hydrogen) atoms. The molecule has 4 heterocycles. The second-order valence-corrected chi connectivity index (χ2v) is 9.19.